The number of nitrogens with one attached hydrogen (secondary N) is 1. The molecule has 7 heteroatoms. The monoisotopic (exact) mass is 391 g/mol. The van der Waals surface area contributed by atoms with Crippen LogP contribution in [0.2, 0.25) is 0 Å². The van der Waals surface area contributed by atoms with E-state index in [4.69, 9.17) is 4.42 Å². The van der Waals surface area contributed by atoms with Gasteiger partial charge in [-0.05, 0) is 24.3 Å². The van der Waals surface area contributed by atoms with E-state index in [0.29, 0.717) is 37.1 Å². The second-order valence-electron chi connectivity index (χ2n) is 6.95. The first-order valence-corrected chi connectivity index (χ1v) is 9.49. The van der Waals surface area contributed by atoms with E-state index in [1.807, 2.05) is 35.2 Å². The van der Waals surface area contributed by atoms with E-state index in [1.54, 1.807) is 29.2 Å². The van der Waals surface area contributed by atoms with Gasteiger partial charge in [0, 0.05) is 37.9 Å². The number of carbonyl (C=O) groups excluding carboxylic acids is 2. The van der Waals surface area contributed by atoms with Crippen LogP contribution in [0, 0.1) is 0 Å². The third-order valence-corrected chi connectivity index (χ3v) is 4.93. The minimum Gasteiger partial charge on any atom is -0.451 e. The standard InChI is InChI=1S/C22H21N3O4/c26-18-14-20(29-19-9-5-4-8-17(18)19)22(28)25-12-10-24(11-13-25)15-21(27)23-16-6-2-1-3-7-16/h1-9,14H,10-13,15H2,(H,23,27). The Balaban J connectivity index is 1.35. The number of hydrogen-bond donors (Lipinski definition) is 1. The molecule has 1 fully saturated rings. The molecule has 3 aromatic rings. The Bertz CT molecular complexity index is 1090. The molecule has 1 N–H and O–H groups in total. The maximum atomic E-state index is 12.8. The summed E-state index contributed by atoms with van der Waals surface area (Å²) in [5, 5.41) is 3.32. The number of rotatable bonds is 4. The molecule has 1 aliphatic heterocycles. The number of fused-ring (bicyclic) bond motifs is 1. The first kappa shape index (κ1) is 18.9. The molecule has 0 radical (unpaired) electrons. The first-order valence-electron chi connectivity index (χ1n) is 9.49. The van der Waals surface area contributed by atoms with Crippen molar-refractivity contribution in [3.8, 4) is 0 Å². The van der Waals surface area contributed by atoms with E-state index in [9.17, 15) is 14.4 Å². The van der Waals surface area contributed by atoms with E-state index in [-0.39, 0.29) is 29.5 Å². The van der Waals surface area contributed by atoms with Gasteiger partial charge in [0.25, 0.3) is 5.91 Å². The average Bonchev–Trinajstić information content (AvgIpc) is 2.74. The molecule has 7 nitrogen and oxygen atoms in total. The van der Waals surface area contributed by atoms with E-state index < -0.39 is 0 Å². The Morgan fingerprint density at radius 2 is 1.62 bits per heavy atom. The largest absolute Gasteiger partial charge is 0.451 e. The van der Waals surface area contributed by atoms with Crippen LogP contribution >= 0.6 is 0 Å². The van der Waals surface area contributed by atoms with E-state index >= 15 is 0 Å². The van der Waals surface area contributed by atoms with Crippen molar-refractivity contribution in [2.45, 2.75) is 0 Å². The summed E-state index contributed by atoms with van der Waals surface area (Å²) in [5.41, 5.74) is 0.934. The van der Waals surface area contributed by atoms with Gasteiger partial charge in [-0.1, -0.05) is 30.3 Å². The minimum absolute atomic E-state index is 0.0453. The second-order valence-corrected chi connectivity index (χ2v) is 6.95. The number of anilines is 1. The van der Waals surface area contributed by atoms with Crippen LogP contribution in [0.4, 0.5) is 5.69 Å². The summed E-state index contributed by atoms with van der Waals surface area (Å²) >= 11 is 0. The smallest absolute Gasteiger partial charge is 0.289 e. The number of para-hydroxylation sites is 2. The molecule has 0 aliphatic carbocycles. The molecule has 0 bridgehead atoms. The van der Waals surface area contributed by atoms with Crippen LogP contribution in [0.3, 0.4) is 0 Å². The van der Waals surface area contributed by atoms with E-state index in [1.165, 1.54) is 6.07 Å². The molecule has 1 aliphatic rings. The van der Waals surface area contributed by atoms with Crippen molar-refractivity contribution in [3.05, 3.63) is 76.6 Å². The Kier molecular flexibility index (Phi) is 5.39. The summed E-state index contributed by atoms with van der Waals surface area (Å²) < 4.78 is 5.65. The number of piperazine rings is 1. The summed E-state index contributed by atoms with van der Waals surface area (Å²) in [6.07, 6.45) is 0. The van der Waals surface area contributed by atoms with Crippen LogP contribution in [0.15, 0.2) is 69.9 Å². The van der Waals surface area contributed by atoms with Crippen molar-refractivity contribution in [1.29, 1.82) is 0 Å². The molecule has 0 atom stereocenters. The Morgan fingerprint density at radius 3 is 2.38 bits per heavy atom. The molecule has 0 spiro atoms. The molecular formula is C22H21N3O4. The molecule has 1 saturated heterocycles. The highest BCUT2D eigenvalue weighted by Gasteiger charge is 2.25. The lowest BCUT2D eigenvalue weighted by molar-refractivity contribution is -0.117. The maximum Gasteiger partial charge on any atom is 0.289 e. The fraction of sp³-hybridized carbons (Fsp3) is 0.227. The van der Waals surface area contributed by atoms with Crippen molar-refractivity contribution < 1.29 is 14.0 Å². The minimum atomic E-state index is -0.304. The first-order chi connectivity index (χ1) is 14.1. The number of carbonyl (C=O) groups is 2. The van der Waals surface area contributed by atoms with Crippen LogP contribution in [-0.4, -0.2) is 54.3 Å². The zero-order chi connectivity index (χ0) is 20.2. The number of benzene rings is 2. The molecule has 29 heavy (non-hydrogen) atoms. The van der Waals surface area contributed by atoms with E-state index in [2.05, 4.69) is 5.32 Å². The highest BCUT2D eigenvalue weighted by atomic mass is 16.3. The van der Waals surface area contributed by atoms with Gasteiger partial charge in [-0.15, -0.1) is 0 Å². The Hall–Kier alpha value is -3.45. The second kappa shape index (κ2) is 8.28. The number of hydrogen-bond acceptors (Lipinski definition) is 5. The SMILES string of the molecule is O=C(CN1CCN(C(=O)c2cc(=O)c3ccccc3o2)CC1)Nc1ccccc1. The molecule has 0 unspecified atom stereocenters. The quantitative estimate of drug-likeness (QED) is 0.737. The lowest BCUT2D eigenvalue weighted by Gasteiger charge is -2.34. The van der Waals surface area contributed by atoms with Crippen LogP contribution in [0.5, 0.6) is 0 Å². The highest BCUT2D eigenvalue weighted by Crippen LogP contribution is 2.14. The Morgan fingerprint density at radius 1 is 0.931 bits per heavy atom. The normalized spacial score (nSPS) is 14.7. The number of amides is 2. The van der Waals surface area contributed by atoms with Gasteiger partial charge in [0.1, 0.15) is 5.58 Å². The topological polar surface area (TPSA) is 82.9 Å². The molecule has 4 rings (SSSR count). The van der Waals surface area contributed by atoms with Crippen molar-refractivity contribution in [1.82, 2.24) is 9.80 Å². The van der Waals surface area contributed by atoms with Gasteiger partial charge >= 0.3 is 0 Å². The van der Waals surface area contributed by atoms with Gasteiger partial charge in [0.05, 0.1) is 11.9 Å². The average molecular weight is 391 g/mol. The molecule has 2 heterocycles. The van der Waals surface area contributed by atoms with Crippen molar-refractivity contribution >= 4 is 28.5 Å². The fourth-order valence-electron chi connectivity index (χ4n) is 3.40. The molecule has 1 aromatic heterocycles. The maximum absolute atomic E-state index is 12.8. The van der Waals surface area contributed by atoms with Gasteiger partial charge in [-0.3, -0.25) is 19.3 Å². The van der Waals surface area contributed by atoms with Crippen molar-refractivity contribution in [3.63, 3.8) is 0 Å². The van der Waals surface area contributed by atoms with Gasteiger partial charge in [-0.25, -0.2) is 0 Å². The molecule has 2 amide bonds. The van der Waals surface area contributed by atoms with Crippen molar-refractivity contribution in [2.75, 3.05) is 38.0 Å². The predicted octanol–water partition coefficient (Wildman–Crippen LogP) is 2.19. The summed E-state index contributed by atoms with van der Waals surface area (Å²) in [5.74, 6) is -0.346. The molecule has 0 saturated carbocycles. The van der Waals surface area contributed by atoms with Gasteiger partial charge in [0.2, 0.25) is 5.91 Å². The van der Waals surface area contributed by atoms with Crippen molar-refractivity contribution in [2.24, 2.45) is 0 Å². The lowest BCUT2D eigenvalue weighted by atomic mass is 10.2. The van der Waals surface area contributed by atoms with E-state index in [0.717, 1.165) is 5.69 Å². The van der Waals surface area contributed by atoms with Crippen LogP contribution < -0.4 is 10.7 Å². The van der Waals surface area contributed by atoms with Crippen LogP contribution in [0.25, 0.3) is 11.0 Å². The third kappa shape index (κ3) is 4.35. The van der Waals surface area contributed by atoms with Crippen LogP contribution in [-0.2, 0) is 4.79 Å². The molecular weight excluding hydrogens is 370 g/mol. The van der Waals surface area contributed by atoms with Crippen LogP contribution in [0.1, 0.15) is 10.6 Å². The summed E-state index contributed by atoms with van der Waals surface area (Å²) in [7, 11) is 0. The summed E-state index contributed by atoms with van der Waals surface area (Å²) in [6.45, 7) is 2.35. The number of nitrogens with zero attached hydrogens (tertiary/aromatic N) is 2. The third-order valence-electron chi connectivity index (χ3n) is 4.93. The van der Waals surface area contributed by atoms with Gasteiger partial charge < -0.3 is 14.6 Å². The van der Waals surface area contributed by atoms with Gasteiger partial charge in [-0.2, -0.15) is 0 Å². The fourth-order valence-corrected chi connectivity index (χ4v) is 3.40. The predicted molar refractivity (Wildman–Crippen MR) is 110 cm³/mol. The zero-order valence-electron chi connectivity index (χ0n) is 15.8. The summed E-state index contributed by atoms with van der Waals surface area (Å²) in [4.78, 5) is 40.8. The lowest BCUT2D eigenvalue weighted by Crippen LogP contribution is -2.50. The molecule has 2 aromatic carbocycles. The Labute approximate surface area is 167 Å². The highest BCUT2D eigenvalue weighted by molar-refractivity contribution is 5.93. The van der Waals surface area contributed by atoms with Gasteiger partial charge in [0.15, 0.2) is 11.2 Å². The molecule has 148 valence electrons. The summed E-state index contributed by atoms with van der Waals surface area (Å²) in [6, 6.07) is 17.4. The zero-order valence-corrected chi connectivity index (χ0v) is 15.8.